The number of nitrogens with zero attached hydrogens (tertiary/aromatic N) is 4. The first kappa shape index (κ1) is 30.2. The molecule has 2 aliphatic carbocycles. The fourth-order valence-electron chi connectivity index (χ4n) is 8.78. The van der Waals surface area contributed by atoms with Gasteiger partial charge in [-0.2, -0.15) is 5.26 Å². The minimum atomic E-state index is -0.627. The van der Waals surface area contributed by atoms with Crippen molar-refractivity contribution in [2.24, 2.45) is 0 Å². The van der Waals surface area contributed by atoms with Gasteiger partial charge in [-0.1, -0.05) is 133 Å². The van der Waals surface area contributed by atoms with Gasteiger partial charge in [0, 0.05) is 27.6 Å². The zero-order chi connectivity index (χ0) is 35.8. The van der Waals surface area contributed by atoms with E-state index in [0.29, 0.717) is 23.0 Å². The van der Waals surface area contributed by atoms with Gasteiger partial charge in [-0.25, -0.2) is 15.0 Å². The van der Waals surface area contributed by atoms with Crippen molar-refractivity contribution in [1.29, 1.82) is 5.26 Å². The molecule has 11 rings (SSSR count). The second kappa shape index (κ2) is 11.5. The molecule has 9 aromatic rings. The third-order valence-corrected chi connectivity index (χ3v) is 11.1. The van der Waals surface area contributed by atoms with E-state index in [9.17, 15) is 5.26 Å². The maximum Gasteiger partial charge on any atom is 0.164 e. The lowest BCUT2D eigenvalue weighted by Crippen LogP contribution is -2.26. The Balaban J connectivity index is 1.21. The molecular weight excluding hydrogens is 661 g/mol. The molecule has 0 radical (unpaired) electrons. The zero-order valence-corrected chi connectivity index (χ0v) is 28.9. The first-order chi connectivity index (χ1) is 26.7. The summed E-state index contributed by atoms with van der Waals surface area (Å²) in [5.74, 6) is 1.87. The number of hydrogen-bond donors (Lipinski definition) is 0. The summed E-state index contributed by atoms with van der Waals surface area (Å²) in [5.41, 5.74) is 15.2. The van der Waals surface area contributed by atoms with Crippen molar-refractivity contribution in [1.82, 2.24) is 15.0 Å². The van der Waals surface area contributed by atoms with Crippen LogP contribution in [0.25, 0.3) is 78.5 Å². The van der Waals surface area contributed by atoms with Gasteiger partial charge in [-0.15, -0.1) is 0 Å². The molecule has 0 fully saturated rings. The molecule has 250 valence electrons. The number of benzene rings is 7. The molecule has 1 spiro atoms. The summed E-state index contributed by atoms with van der Waals surface area (Å²) in [6.45, 7) is 0. The SMILES string of the molecule is N#Cc1ccc(-c2cc3c(c4ccoc24)-c2ccccc2C32c3ccccc3-c3ccc(-c4nc(-c5ccccc5)nc(-c5ccccc5)n4)cc32)cc1. The predicted octanol–water partition coefficient (Wildman–Crippen LogP) is 11.5. The molecule has 54 heavy (non-hydrogen) atoms. The second-order valence-electron chi connectivity index (χ2n) is 13.8. The monoisotopic (exact) mass is 688 g/mol. The van der Waals surface area contributed by atoms with Crippen molar-refractivity contribution in [3.8, 4) is 73.6 Å². The highest BCUT2D eigenvalue weighted by Gasteiger charge is 2.52. The van der Waals surface area contributed by atoms with Crippen LogP contribution in [0.3, 0.4) is 0 Å². The van der Waals surface area contributed by atoms with Gasteiger partial charge in [-0.3, -0.25) is 0 Å². The van der Waals surface area contributed by atoms with Crippen LogP contribution in [0.15, 0.2) is 174 Å². The van der Waals surface area contributed by atoms with Crippen LogP contribution in [-0.2, 0) is 5.41 Å². The summed E-state index contributed by atoms with van der Waals surface area (Å²) < 4.78 is 6.28. The fourth-order valence-corrected chi connectivity index (χ4v) is 8.78. The lowest BCUT2D eigenvalue weighted by atomic mass is 9.70. The smallest absolute Gasteiger partial charge is 0.164 e. The van der Waals surface area contributed by atoms with E-state index in [-0.39, 0.29) is 0 Å². The molecular formula is C49H28N4O. The van der Waals surface area contributed by atoms with Crippen LogP contribution in [0.2, 0.25) is 0 Å². The van der Waals surface area contributed by atoms with E-state index in [0.717, 1.165) is 38.8 Å². The predicted molar refractivity (Wildman–Crippen MR) is 212 cm³/mol. The van der Waals surface area contributed by atoms with Crippen molar-refractivity contribution in [2.45, 2.75) is 5.41 Å². The lowest BCUT2D eigenvalue weighted by Gasteiger charge is -2.31. The minimum absolute atomic E-state index is 0.617. The van der Waals surface area contributed by atoms with Crippen LogP contribution in [0.5, 0.6) is 0 Å². The molecule has 0 amide bonds. The van der Waals surface area contributed by atoms with E-state index in [1.54, 1.807) is 6.26 Å². The van der Waals surface area contributed by atoms with Gasteiger partial charge >= 0.3 is 0 Å². The van der Waals surface area contributed by atoms with Crippen molar-refractivity contribution in [3.63, 3.8) is 0 Å². The van der Waals surface area contributed by atoms with E-state index in [1.807, 2.05) is 84.9 Å². The number of hydrogen-bond acceptors (Lipinski definition) is 5. The van der Waals surface area contributed by atoms with E-state index < -0.39 is 5.41 Å². The summed E-state index contributed by atoms with van der Waals surface area (Å²) in [7, 11) is 0. The highest BCUT2D eigenvalue weighted by Crippen LogP contribution is 2.64. The van der Waals surface area contributed by atoms with Crippen molar-refractivity contribution < 1.29 is 4.42 Å². The summed E-state index contributed by atoms with van der Waals surface area (Å²) in [5, 5.41) is 10.6. The van der Waals surface area contributed by atoms with E-state index in [4.69, 9.17) is 19.4 Å². The highest BCUT2D eigenvalue weighted by atomic mass is 16.3. The number of furan rings is 1. The Morgan fingerprint density at radius 1 is 0.444 bits per heavy atom. The Hall–Kier alpha value is -7.42. The molecule has 2 aliphatic rings. The Labute approximate surface area is 311 Å². The minimum Gasteiger partial charge on any atom is -0.464 e. The Morgan fingerprint density at radius 2 is 1.00 bits per heavy atom. The topological polar surface area (TPSA) is 75.6 Å². The van der Waals surface area contributed by atoms with Crippen molar-refractivity contribution >= 4 is 11.0 Å². The van der Waals surface area contributed by atoms with Crippen LogP contribution in [0.4, 0.5) is 0 Å². The third kappa shape index (κ3) is 4.22. The van der Waals surface area contributed by atoms with Crippen molar-refractivity contribution in [3.05, 3.63) is 198 Å². The largest absolute Gasteiger partial charge is 0.464 e. The van der Waals surface area contributed by atoms with Gasteiger partial charge in [0.15, 0.2) is 17.5 Å². The fraction of sp³-hybridized carbons (Fsp3) is 0.0204. The summed E-state index contributed by atoms with van der Waals surface area (Å²) in [6, 6.07) is 58.9. The Bertz CT molecular complexity index is 2940. The third-order valence-electron chi connectivity index (χ3n) is 11.1. The second-order valence-corrected chi connectivity index (χ2v) is 13.8. The maximum atomic E-state index is 9.56. The molecule has 0 bridgehead atoms. The molecule has 2 heterocycles. The van der Waals surface area contributed by atoms with Gasteiger partial charge < -0.3 is 4.42 Å². The number of fused-ring (bicyclic) bond motifs is 12. The van der Waals surface area contributed by atoms with Gasteiger partial charge in [0.05, 0.1) is 23.3 Å². The number of aromatic nitrogens is 3. The average Bonchev–Trinajstić information content (AvgIpc) is 3.94. The van der Waals surface area contributed by atoms with Gasteiger partial charge in [0.1, 0.15) is 5.58 Å². The number of rotatable bonds is 4. The molecule has 0 N–H and O–H groups in total. The maximum absolute atomic E-state index is 9.56. The molecule has 2 aromatic heterocycles. The first-order valence-electron chi connectivity index (χ1n) is 18.0. The summed E-state index contributed by atoms with van der Waals surface area (Å²) >= 11 is 0. The molecule has 0 saturated heterocycles. The van der Waals surface area contributed by atoms with Crippen LogP contribution in [0.1, 0.15) is 27.8 Å². The van der Waals surface area contributed by atoms with Gasteiger partial charge in [0.2, 0.25) is 0 Å². The molecule has 1 atom stereocenters. The molecule has 0 aliphatic heterocycles. The molecule has 0 saturated carbocycles. The Kier molecular flexibility index (Phi) is 6.46. The van der Waals surface area contributed by atoms with E-state index in [1.165, 1.54) is 44.5 Å². The first-order valence-corrected chi connectivity index (χ1v) is 18.0. The standard InChI is InChI=1S/C49H28N4O/c50-29-30-19-21-31(22-20-30)39-28-43-44(38-25-26-54-45(38)39)37-16-8-10-18-41(37)49(43)40-17-9-7-15-35(40)36-24-23-34(27-42(36)49)48-52-46(32-11-3-1-4-12-32)51-47(53-48)33-13-5-2-6-14-33/h1-28H. The van der Waals surface area contributed by atoms with Crippen LogP contribution in [-0.4, -0.2) is 15.0 Å². The van der Waals surface area contributed by atoms with Crippen molar-refractivity contribution in [2.75, 3.05) is 0 Å². The molecule has 5 nitrogen and oxygen atoms in total. The highest BCUT2D eigenvalue weighted by molar-refractivity contribution is 6.09. The number of nitriles is 1. The molecule has 7 aromatic carbocycles. The lowest BCUT2D eigenvalue weighted by molar-refractivity contribution is 0.616. The van der Waals surface area contributed by atoms with Gasteiger partial charge in [0.25, 0.3) is 0 Å². The molecule has 5 heteroatoms. The zero-order valence-electron chi connectivity index (χ0n) is 28.9. The van der Waals surface area contributed by atoms with E-state index >= 15 is 0 Å². The molecule has 1 unspecified atom stereocenters. The normalized spacial score (nSPS) is 14.7. The van der Waals surface area contributed by atoms with Crippen LogP contribution >= 0.6 is 0 Å². The Morgan fingerprint density at radius 3 is 1.67 bits per heavy atom. The average molecular weight is 689 g/mol. The van der Waals surface area contributed by atoms with Gasteiger partial charge in [-0.05, 0) is 80.4 Å². The van der Waals surface area contributed by atoms with Crippen LogP contribution in [0, 0.1) is 11.3 Å². The summed E-state index contributed by atoms with van der Waals surface area (Å²) in [6.07, 6.45) is 1.79. The van der Waals surface area contributed by atoms with Crippen LogP contribution < -0.4 is 0 Å². The summed E-state index contributed by atoms with van der Waals surface area (Å²) in [4.78, 5) is 15.2. The quantitative estimate of drug-likeness (QED) is 0.184. The van der Waals surface area contributed by atoms with E-state index in [2.05, 4.69) is 84.9 Å².